The molecule has 0 aliphatic carbocycles. The molecule has 28 heavy (non-hydrogen) atoms. The molecule has 2 saturated heterocycles. The van der Waals surface area contributed by atoms with E-state index in [4.69, 9.17) is 0 Å². The first-order valence-electron chi connectivity index (χ1n) is 10.1. The van der Waals surface area contributed by atoms with Crippen molar-refractivity contribution >= 4 is 11.8 Å². The summed E-state index contributed by atoms with van der Waals surface area (Å²) in [5, 5.41) is 0. The second kappa shape index (κ2) is 7.08. The molecular formula is C24H28N2O2. The third-order valence-electron chi connectivity index (χ3n) is 6.94. The molecule has 146 valence electrons. The van der Waals surface area contributed by atoms with Crippen LogP contribution in [0.3, 0.4) is 0 Å². The molecule has 2 aliphatic heterocycles. The number of carbonyl (C=O) groups is 2. The molecule has 0 aromatic heterocycles. The van der Waals surface area contributed by atoms with Gasteiger partial charge in [-0.3, -0.25) is 9.59 Å². The first-order chi connectivity index (χ1) is 13.4. The standard InChI is InChI=1S/C24H28N2O2/c1-17-8-7-11-20(18(17)2)23(28)26-14-12-24(13-15-26)16-21(22(27)25(24)3)19-9-5-4-6-10-19/h4-11,21H,12-16H2,1-3H3/t21-/m1/s1. The van der Waals surface area contributed by atoms with E-state index >= 15 is 0 Å². The van der Waals surface area contributed by atoms with Crippen LogP contribution in [-0.2, 0) is 4.79 Å². The van der Waals surface area contributed by atoms with Crippen molar-refractivity contribution < 1.29 is 9.59 Å². The van der Waals surface area contributed by atoms with Crippen molar-refractivity contribution in [2.75, 3.05) is 20.1 Å². The van der Waals surface area contributed by atoms with Gasteiger partial charge in [0.2, 0.25) is 5.91 Å². The number of benzene rings is 2. The molecule has 2 fully saturated rings. The summed E-state index contributed by atoms with van der Waals surface area (Å²) in [7, 11) is 1.94. The van der Waals surface area contributed by atoms with Crippen LogP contribution in [0.15, 0.2) is 48.5 Å². The zero-order valence-electron chi connectivity index (χ0n) is 16.9. The van der Waals surface area contributed by atoms with Gasteiger partial charge in [-0.1, -0.05) is 42.5 Å². The molecule has 4 rings (SSSR count). The van der Waals surface area contributed by atoms with Crippen LogP contribution in [0.25, 0.3) is 0 Å². The molecular weight excluding hydrogens is 348 g/mol. The van der Waals surface area contributed by atoms with E-state index in [0.29, 0.717) is 13.1 Å². The second-order valence-electron chi connectivity index (χ2n) is 8.33. The third kappa shape index (κ3) is 3.01. The number of rotatable bonds is 2. The second-order valence-corrected chi connectivity index (χ2v) is 8.33. The molecule has 4 nitrogen and oxygen atoms in total. The zero-order chi connectivity index (χ0) is 19.9. The van der Waals surface area contributed by atoms with E-state index in [1.165, 1.54) is 0 Å². The monoisotopic (exact) mass is 376 g/mol. The molecule has 0 unspecified atom stereocenters. The van der Waals surface area contributed by atoms with E-state index in [2.05, 4.69) is 12.1 Å². The highest BCUT2D eigenvalue weighted by molar-refractivity contribution is 5.96. The topological polar surface area (TPSA) is 40.6 Å². The summed E-state index contributed by atoms with van der Waals surface area (Å²) in [6, 6.07) is 16.0. The van der Waals surface area contributed by atoms with Gasteiger partial charge < -0.3 is 9.80 Å². The Morgan fingerprint density at radius 1 is 1.00 bits per heavy atom. The Balaban J connectivity index is 1.50. The summed E-state index contributed by atoms with van der Waals surface area (Å²) < 4.78 is 0. The smallest absolute Gasteiger partial charge is 0.254 e. The lowest BCUT2D eigenvalue weighted by molar-refractivity contribution is -0.131. The van der Waals surface area contributed by atoms with Gasteiger partial charge in [0.15, 0.2) is 0 Å². The lowest BCUT2D eigenvalue weighted by atomic mass is 9.81. The predicted octanol–water partition coefficient (Wildman–Crippen LogP) is 3.92. The minimum absolute atomic E-state index is 0.0625. The van der Waals surface area contributed by atoms with Crippen LogP contribution in [0.4, 0.5) is 0 Å². The van der Waals surface area contributed by atoms with Crippen LogP contribution in [-0.4, -0.2) is 47.3 Å². The van der Waals surface area contributed by atoms with E-state index in [-0.39, 0.29) is 23.3 Å². The van der Waals surface area contributed by atoms with Crippen molar-refractivity contribution in [3.05, 3.63) is 70.8 Å². The summed E-state index contributed by atoms with van der Waals surface area (Å²) in [4.78, 5) is 29.9. The fraction of sp³-hybridized carbons (Fsp3) is 0.417. The van der Waals surface area contributed by atoms with Gasteiger partial charge in [0.05, 0.1) is 5.92 Å². The molecule has 0 bridgehead atoms. The van der Waals surface area contributed by atoms with Crippen molar-refractivity contribution in [1.82, 2.24) is 9.80 Å². The first kappa shape index (κ1) is 18.7. The summed E-state index contributed by atoms with van der Waals surface area (Å²) in [5.74, 6) is 0.260. The Morgan fingerprint density at radius 3 is 2.36 bits per heavy atom. The molecule has 4 heteroatoms. The van der Waals surface area contributed by atoms with Gasteiger partial charge in [0.25, 0.3) is 5.91 Å². The lowest BCUT2D eigenvalue weighted by Crippen LogP contribution is -2.52. The van der Waals surface area contributed by atoms with Crippen LogP contribution in [0, 0.1) is 13.8 Å². The van der Waals surface area contributed by atoms with Crippen LogP contribution < -0.4 is 0 Å². The Bertz CT molecular complexity index is 898. The average molecular weight is 377 g/mol. The maximum Gasteiger partial charge on any atom is 0.254 e. The van der Waals surface area contributed by atoms with Gasteiger partial charge in [0, 0.05) is 31.2 Å². The maximum absolute atomic E-state index is 13.1. The van der Waals surface area contributed by atoms with E-state index in [9.17, 15) is 9.59 Å². The van der Waals surface area contributed by atoms with Gasteiger partial charge in [-0.05, 0) is 55.9 Å². The number of likely N-dealkylation sites (N-methyl/N-ethyl adjacent to an activating group) is 1. The van der Waals surface area contributed by atoms with E-state index in [0.717, 1.165) is 41.5 Å². The van der Waals surface area contributed by atoms with Gasteiger partial charge in [0.1, 0.15) is 0 Å². The SMILES string of the molecule is Cc1cccc(C(=O)N2CCC3(CC2)C[C@H](c2ccccc2)C(=O)N3C)c1C. The predicted molar refractivity (Wildman–Crippen MR) is 110 cm³/mol. The summed E-state index contributed by atoms with van der Waals surface area (Å²) >= 11 is 0. The highest BCUT2D eigenvalue weighted by atomic mass is 16.2. The molecule has 2 aromatic carbocycles. The van der Waals surface area contributed by atoms with E-state index < -0.39 is 0 Å². The largest absolute Gasteiger partial charge is 0.339 e. The Labute approximate surface area is 167 Å². The van der Waals surface area contributed by atoms with Gasteiger partial charge in [-0.25, -0.2) is 0 Å². The molecule has 2 heterocycles. The van der Waals surface area contributed by atoms with Crippen molar-refractivity contribution in [3.63, 3.8) is 0 Å². The Kier molecular flexibility index (Phi) is 4.74. The highest BCUT2D eigenvalue weighted by Gasteiger charge is 2.50. The van der Waals surface area contributed by atoms with Crippen molar-refractivity contribution in [2.45, 2.75) is 44.6 Å². The number of carbonyl (C=O) groups excluding carboxylic acids is 2. The molecule has 2 aliphatic rings. The highest BCUT2D eigenvalue weighted by Crippen LogP contribution is 2.45. The molecule has 1 spiro atoms. The Morgan fingerprint density at radius 2 is 1.68 bits per heavy atom. The number of hydrogen-bond acceptors (Lipinski definition) is 2. The number of hydrogen-bond donors (Lipinski definition) is 0. The van der Waals surface area contributed by atoms with Crippen LogP contribution in [0.2, 0.25) is 0 Å². The number of amides is 2. The minimum atomic E-state index is -0.129. The van der Waals surface area contributed by atoms with Gasteiger partial charge in [-0.15, -0.1) is 0 Å². The van der Waals surface area contributed by atoms with Gasteiger partial charge in [-0.2, -0.15) is 0 Å². The van der Waals surface area contributed by atoms with E-state index in [1.54, 1.807) is 0 Å². The normalized spacial score (nSPS) is 21.4. The zero-order valence-corrected chi connectivity index (χ0v) is 16.9. The number of likely N-dealkylation sites (tertiary alicyclic amines) is 2. The summed E-state index contributed by atoms with van der Waals surface area (Å²) in [6.07, 6.45) is 2.53. The first-order valence-corrected chi connectivity index (χ1v) is 10.1. The van der Waals surface area contributed by atoms with Crippen molar-refractivity contribution in [2.24, 2.45) is 0 Å². The average Bonchev–Trinajstić information content (AvgIpc) is 2.96. The number of nitrogens with zero attached hydrogens (tertiary/aromatic N) is 2. The quantitative estimate of drug-likeness (QED) is 0.797. The fourth-order valence-corrected chi connectivity index (χ4v) is 4.84. The van der Waals surface area contributed by atoms with Crippen LogP contribution in [0.5, 0.6) is 0 Å². The van der Waals surface area contributed by atoms with Gasteiger partial charge >= 0.3 is 0 Å². The fourth-order valence-electron chi connectivity index (χ4n) is 4.84. The number of piperidine rings is 1. The molecule has 0 saturated carbocycles. The molecule has 0 radical (unpaired) electrons. The minimum Gasteiger partial charge on any atom is -0.339 e. The maximum atomic E-state index is 13.1. The summed E-state index contributed by atoms with van der Waals surface area (Å²) in [5.41, 5.74) is 3.98. The van der Waals surface area contributed by atoms with Crippen molar-refractivity contribution in [3.8, 4) is 0 Å². The molecule has 2 aromatic rings. The van der Waals surface area contributed by atoms with E-state index in [1.807, 2.05) is 67.1 Å². The van der Waals surface area contributed by atoms with Crippen LogP contribution >= 0.6 is 0 Å². The van der Waals surface area contributed by atoms with Crippen LogP contribution in [0.1, 0.15) is 52.2 Å². The summed E-state index contributed by atoms with van der Waals surface area (Å²) in [6.45, 7) is 5.46. The molecule has 0 N–H and O–H groups in total. The molecule has 1 atom stereocenters. The lowest BCUT2D eigenvalue weighted by Gasteiger charge is -2.43. The molecule has 2 amide bonds. The Hall–Kier alpha value is -2.62. The third-order valence-corrected chi connectivity index (χ3v) is 6.94. The number of aryl methyl sites for hydroxylation is 1. The van der Waals surface area contributed by atoms with Crippen molar-refractivity contribution in [1.29, 1.82) is 0 Å².